The van der Waals surface area contributed by atoms with Gasteiger partial charge in [0.2, 0.25) is 5.95 Å². The summed E-state index contributed by atoms with van der Waals surface area (Å²) in [6.07, 6.45) is -3.88. The Hall–Kier alpha value is -3.11. The van der Waals surface area contributed by atoms with Gasteiger partial charge in [-0.2, -0.15) is 4.98 Å². The van der Waals surface area contributed by atoms with Crippen LogP contribution in [-0.4, -0.2) is 35.8 Å². The maximum absolute atomic E-state index is 14.5. The van der Waals surface area contributed by atoms with Crippen LogP contribution in [0.3, 0.4) is 0 Å². The Morgan fingerprint density at radius 3 is 2.59 bits per heavy atom. The normalized spacial score (nSPS) is 11.2. The third-order valence-corrected chi connectivity index (χ3v) is 3.59. The molecule has 7 nitrogen and oxygen atoms in total. The van der Waals surface area contributed by atoms with E-state index >= 15 is 0 Å². The highest BCUT2D eigenvalue weighted by molar-refractivity contribution is 5.95. The highest BCUT2D eigenvalue weighted by Crippen LogP contribution is 2.44. The molecule has 0 saturated carbocycles. The van der Waals surface area contributed by atoms with Crippen molar-refractivity contribution in [3.63, 3.8) is 0 Å². The van der Waals surface area contributed by atoms with Crippen molar-refractivity contribution in [3.05, 3.63) is 35.3 Å². The Labute approximate surface area is 152 Å². The third-order valence-electron chi connectivity index (χ3n) is 3.59. The first-order chi connectivity index (χ1) is 12.6. The molecule has 146 valence electrons. The minimum absolute atomic E-state index is 0.155. The number of primary amides is 1. The molecule has 0 aliphatic rings. The molecule has 27 heavy (non-hydrogen) atoms. The predicted molar refractivity (Wildman–Crippen MR) is 90.6 cm³/mol. The number of hydrogen-bond acceptors (Lipinski definition) is 6. The van der Waals surface area contributed by atoms with Crippen LogP contribution in [-0.2, 0) is 0 Å². The maximum Gasteiger partial charge on any atom is 0.491 e. The van der Waals surface area contributed by atoms with Crippen molar-refractivity contribution in [2.75, 3.05) is 23.9 Å². The van der Waals surface area contributed by atoms with Crippen molar-refractivity contribution in [1.29, 1.82) is 0 Å². The van der Waals surface area contributed by atoms with Gasteiger partial charge in [-0.05, 0) is 26.0 Å². The Bertz CT molecular complexity index is 857. The van der Waals surface area contributed by atoms with Crippen molar-refractivity contribution in [2.45, 2.75) is 20.1 Å². The van der Waals surface area contributed by atoms with Crippen LogP contribution in [0.1, 0.15) is 22.8 Å². The van der Waals surface area contributed by atoms with Gasteiger partial charge in [0.1, 0.15) is 23.1 Å². The van der Waals surface area contributed by atoms with E-state index in [0.29, 0.717) is 6.54 Å². The number of hydrogen-bond donors (Lipinski definition) is 2. The molecule has 2 rings (SSSR count). The second-order valence-electron chi connectivity index (χ2n) is 5.35. The van der Waals surface area contributed by atoms with Gasteiger partial charge in [-0.25, -0.2) is 14.3 Å². The second kappa shape index (κ2) is 7.64. The number of nitrogens with zero attached hydrogens (tertiary/aromatic N) is 3. The van der Waals surface area contributed by atoms with Crippen molar-refractivity contribution in [3.8, 4) is 5.75 Å². The summed E-state index contributed by atoms with van der Waals surface area (Å²) in [5, 5.41) is 2.77. The van der Waals surface area contributed by atoms with Gasteiger partial charge in [0, 0.05) is 18.3 Å². The fourth-order valence-electron chi connectivity index (χ4n) is 2.44. The number of anilines is 3. The number of carbonyl (C=O) groups is 1. The lowest BCUT2D eigenvalue weighted by Crippen LogP contribution is -2.36. The topological polar surface area (TPSA) is 93.4 Å². The van der Waals surface area contributed by atoms with Gasteiger partial charge in [-0.3, -0.25) is 4.79 Å². The van der Waals surface area contributed by atoms with E-state index in [1.54, 1.807) is 6.92 Å². The van der Waals surface area contributed by atoms with E-state index in [1.165, 1.54) is 6.07 Å². The molecule has 1 amide bonds. The summed E-state index contributed by atoms with van der Waals surface area (Å²) in [7, 11) is 1.09. The number of halogens is 4. The average molecular weight is 387 g/mol. The Morgan fingerprint density at radius 2 is 2.07 bits per heavy atom. The molecule has 0 radical (unpaired) electrons. The molecule has 1 aromatic heterocycles. The van der Waals surface area contributed by atoms with E-state index in [4.69, 9.17) is 10.5 Å². The smallest absolute Gasteiger partial charge is 0.491 e. The molecule has 2 aromatic rings. The number of alkyl halides is 3. The van der Waals surface area contributed by atoms with Crippen molar-refractivity contribution < 1.29 is 27.1 Å². The quantitative estimate of drug-likeness (QED) is 0.584. The minimum Gasteiger partial charge on any atom is -0.495 e. The molecule has 0 aliphatic carbocycles. The van der Waals surface area contributed by atoms with Crippen LogP contribution in [0.25, 0.3) is 0 Å². The van der Waals surface area contributed by atoms with Crippen molar-refractivity contribution >= 4 is 23.4 Å². The van der Waals surface area contributed by atoms with E-state index in [1.807, 2.05) is 0 Å². The van der Waals surface area contributed by atoms with Crippen LogP contribution < -0.4 is 20.7 Å². The Kier molecular flexibility index (Phi) is 5.72. The molecule has 3 N–H and O–H groups in total. The minimum atomic E-state index is -5.01. The van der Waals surface area contributed by atoms with Crippen LogP contribution in [0, 0.1) is 12.7 Å². The molecular formula is C16H17F4N5O2. The SMILES string of the molecule is CCNc1ccnc(N(c2c(OC)cc(C(N)=O)c(F)c2C)C(F)(F)F)n1. The van der Waals surface area contributed by atoms with E-state index in [0.717, 1.165) is 26.3 Å². The van der Waals surface area contributed by atoms with E-state index in [2.05, 4.69) is 15.3 Å². The highest BCUT2D eigenvalue weighted by Gasteiger charge is 2.44. The summed E-state index contributed by atoms with van der Waals surface area (Å²) in [5.74, 6) is -3.31. The predicted octanol–water partition coefficient (Wildman–Crippen LogP) is 3.12. The zero-order valence-corrected chi connectivity index (χ0v) is 14.7. The summed E-state index contributed by atoms with van der Waals surface area (Å²) in [6.45, 7) is 3.24. The van der Waals surface area contributed by atoms with Gasteiger partial charge in [0.05, 0.1) is 12.7 Å². The van der Waals surface area contributed by atoms with Crippen LogP contribution in [0.5, 0.6) is 5.75 Å². The molecule has 0 bridgehead atoms. The zero-order chi connectivity index (χ0) is 20.4. The van der Waals surface area contributed by atoms with Crippen LogP contribution in [0.15, 0.2) is 18.3 Å². The summed E-state index contributed by atoms with van der Waals surface area (Å²) >= 11 is 0. The second-order valence-corrected chi connectivity index (χ2v) is 5.35. The average Bonchev–Trinajstić information content (AvgIpc) is 2.58. The van der Waals surface area contributed by atoms with Gasteiger partial charge < -0.3 is 15.8 Å². The number of amides is 1. The molecule has 1 heterocycles. The first kappa shape index (κ1) is 20.2. The van der Waals surface area contributed by atoms with Gasteiger partial charge >= 0.3 is 6.30 Å². The molecule has 11 heteroatoms. The van der Waals surface area contributed by atoms with Gasteiger partial charge in [0.15, 0.2) is 0 Å². The molecule has 0 aliphatic heterocycles. The van der Waals surface area contributed by atoms with E-state index in [-0.39, 0.29) is 10.7 Å². The van der Waals surface area contributed by atoms with E-state index in [9.17, 15) is 22.4 Å². The molecule has 0 atom stereocenters. The lowest BCUT2D eigenvalue weighted by atomic mass is 10.1. The van der Waals surface area contributed by atoms with E-state index < -0.39 is 46.5 Å². The Morgan fingerprint density at radius 1 is 1.41 bits per heavy atom. The largest absolute Gasteiger partial charge is 0.495 e. The number of aromatic nitrogens is 2. The van der Waals surface area contributed by atoms with Gasteiger partial charge in [0.25, 0.3) is 5.91 Å². The number of benzene rings is 1. The summed E-state index contributed by atoms with van der Waals surface area (Å²) in [4.78, 5) is 18.6. The van der Waals surface area contributed by atoms with Crippen molar-refractivity contribution in [1.82, 2.24) is 9.97 Å². The standard InChI is InChI=1S/C16H17F4N5O2/c1-4-22-11-5-6-23-15(24-11)25(16(18,19)20)13-8(2)12(17)9(14(21)26)7-10(13)27-3/h5-7H,4H2,1-3H3,(H2,21,26)(H,22,23,24). The lowest BCUT2D eigenvalue weighted by Gasteiger charge is -2.28. The molecule has 0 saturated heterocycles. The summed E-state index contributed by atoms with van der Waals surface area (Å²) < 4.78 is 61.0. The maximum atomic E-state index is 14.5. The highest BCUT2D eigenvalue weighted by atomic mass is 19.4. The summed E-state index contributed by atoms with van der Waals surface area (Å²) in [5.41, 5.74) is 3.33. The molecular weight excluding hydrogens is 370 g/mol. The zero-order valence-electron chi connectivity index (χ0n) is 14.7. The number of methoxy groups -OCH3 is 1. The number of nitrogens with one attached hydrogen (secondary N) is 1. The van der Waals surface area contributed by atoms with Crippen LogP contribution in [0.4, 0.5) is 35.0 Å². The molecule has 0 spiro atoms. The number of rotatable bonds is 6. The van der Waals surface area contributed by atoms with Gasteiger partial charge in [-0.1, -0.05) is 0 Å². The fourth-order valence-corrected chi connectivity index (χ4v) is 2.44. The fraction of sp³-hybridized carbons (Fsp3) is 0.312. The Balaban J connectivity index is 2.77. The first-order valence-corrected chi connectivity index (χ1v) is 7.72. The monoisotopic (exact) mass is 387 g/mol. The van der Waals surface area contributed by atoms with Crippen LogP contribution >= 0.6 is 0 Å². The number of carbonyl (C=O) groups excluding carboxylic acids is 1. The number of ether oxygens (including phenoxy) is 1. The van der Waals surface area contributed by atoms with Crippen molar-refractivity contribution in [2.24, 2.45) is 5.73 Å². The molecule has 0 unspecified atom stereocenters. The first-order valence-electron chi connectivity index (χ1n) is 7.72. The third kappa shape index (κ3) is 4.01. The summed E-state index contributed by atoms with van der Waals surface area (Å²) in [6, 6.07) is 2.20. The molecule has 0 fully saturated rings. The lowest BCUT2D eigenvalue weighted by molar-refractivity contribution is -0.122. The molecule has 1 aromatic carbocycles. The number of nitrogens with two attached hydrogens (primary N) is 1. The van der Waals surface area contributed by atoms with Gasteiger partial charge in [-0.15, -0.1) is 13.2 Å². The van der Waals surface area contributed by atoms with Crippen LogP contribution in [0.2, 0.25) is 0 Å².